The largest absolute Gasteiger partial charge is 0.358 e. The molecule has 1 saturated carbocycles. The first-order chi connectivity index (χ1) is 5.54. The molecule has 12 heavy (non-hydrogen) atoms. The van der Waals surface area contributed by atoms with Gasteiger partial charge in [-0.15, -0.1) is 0 Å². The van der Waals surface area contributed by atoms with Gasteiger partial charge >= 0.3 is 0 Å². The molecule has 0 bridgehead atoms. The van der Waals surface area contributed by atoms with Gasteiger partial charge in [0, 0.05) is 6.42 Å². The molecular formula is C10H16O2. The van der Waals surface area contributed by atoms with Crippen molar-refractivity contribution >= 4 is 5.78 Å². The molecule has 2 nitrogen and oxygen atoms in total. The Morgan fingerprint density at radius 2 is 2.25 bits per heavy atom. The monoisotopic (exact) mass is 168 g/mol. The fraction of sp³-hybridized carbons (Fsp3) is 0.900. The van der Waals surface area contributed by atoms with Gasteiger partial charge in [-0.05, 0) is 25.2 Å². The molecule has 0 aromatic heterocycles. The summed E-state index contributed by atoms with van der Waals surface area (Å²) in [6, 6.07) is 0. The van der Waals surface area contributed by atoms with E-state index in [9.17, 15) is 4.79 Å². The van der Waals surface area contributed by atoms with Crippen molar-refractivity contribution in [3.8, 4) is 0 Å². The predicted octanol–water partition coefficient (Wildman–Crippen LogP) is 1.78. The van der Waals surface area contributed by atoms with Crippen molar-refractivity contribution < 1.29 is 9.53 Å². The summed E-state index contributed by atoms with van der Waals surface area (Å²) in [4.78, 5) is 11.5. The first kappa shape index (κ1) is 8.24. The summed E-state index contributed by atoms with van der Waals surface area (Å²) in [5.41, 5.74) is -0.370. The normalized spacial score (nSPS) is 46.2. The Morgan fingerprint density at radius 1 is 1.58 bits per heavy atom. The second kappa shape index (κ2) is 2.32. The predicted molar refractivity (Wildman–Crippen MR) is 45.8 cm³/mol. The minimum Gasteiger partial charge on any atom is -0.358 e. The highest BCUT2D eigenvalue weighted by atomic mass is 16.6. The Labute approximate surface area is 73.3 Å². The lowest BCUT2D eigenvalue weighted by molar-refractivity contribution is -0.125. The second-order valence-electron chi connectivity index (χ2n) is 4.58. The summed E-state index contributed by atoms with van der Waals surface area (Å²) in [6.07, 6.45) is 2.05. The van der Waals surface area contributed by atoms with Gasteiger partial charge in [-0.1, -0.05) is 13.8 Å². The van der Waals surface area contributed by atoms with E-state index in [4.69, 9.17) is 4.74 Å². The maximum absolute atomic E-state index is 11.5. The summed E-state index contributed by atoms with van der Waals surface area (Å²) in [5, 5.41) is 0. The molecule has 1 heterocycles. The van der Waals surface area contributed by atoms with E-state index in [1.807, 2.05) is 6.92 Å². The van der Waals surface area contributed by atoms with Crippen LogP contribution in [0.15, 0.2) is 0 Å². The summed E-state index contributed by atoms with van der Waals surface area (Å²) < 4.78 is 5.41. The van der Waals surface area contributed by atoms with Crippen molar-refractivity contribution in [3.05, 3.63) is 0 Å². The molecule has 1 unspecified atom stereocenters. The van der Waals surface area contributed by atoms with Crippen LogP contribution in [-0.4, -0.2) is 17.5 Å². The van der Waals surface area contributed by atoms with E-state index in [0.717, 1.165) is 12.8 Å². The van der Waals surface area contributed by atoms with Crippen LogP contribution >= 0.6 is 0 Å². The highest BCUT2D eigenvalue weighted by Gasteiger charge is 2.61. The third-order valence-corrected chi connectivity index (χ3v) is 3.41. The van der Waals surface area contributed by atoms with Crippen LogP contribution in [0.4, 0.5) is 0 Å². The molecule has 68 valence electrons. The number of Topliss-reactive ketones (excluding diaryl/α,β-unsaturated/α-hetero) is 1. The molecule has 2 heteroatoms. The van der Waals surface area contributed by atoms with Crippen LogP contribution in [0.5, 0.6) is 0 Å². The Hall–Kier alpha value is -0.370. The smallest absolute Gasteiger partial charge is 0.167 e. The van der Waals surface area contributed by atoms with Crippen molar-refractivity contribution in [2.24, 2.45) is 11.8 Å². The Bertz CT molecular complexity index is 222. The van der Waals surface area contributed by atoms with E-state index in [1.54, 1.807) is 0 Å². The van der Waals surface area contributed by atoms with Crippen LogP contribution in [-0.2, 0) is 9.53 Å². The molecule has 0 N–H and O–H groups in total. The van der Waals surface area contributed by atoms with E-state index >= 15 is 0 Å². The number of carbonyl (C=O) groups excluding carboxylic acids is 1. The van der Waals surface area contributed by atoms with Crippen LogP contribution in [0.2, 0.25) is 0 Å². The molecule has 1 aliphatic carbocycles. The number of hydrogen-bond donors (Lipinski definition) is 0. The van der Waals surface area contributed by atoms with Gasteiger partial charge in [0.05, 0.1) is 6.10 Å². The van der Waals surface area contributed by atoms with Crippen LogP contribution < -0.4 is 0 Å². The zero-order chi connectivity index (χ0) is 8.93. The Morgan fingerprint density at radius 3 is 2.75 bits per heavy atom. The lowest BCUT2D eigenvalue weighted by Crippen LogP contribution is -2.33. The topological polar surface area (TPSA) is 29.6 Å². The molecule has 2 fully saturated rings. The number of carbonyl (C=O) groups is 1. The van der Waals surface area contributed by atoms with Crippen LogP contribution in [0.25, 0.3) is 0 Å². The van der Waals surface area contributed by atoms with Gasteiger partial charge in [-0.2, -0.15) is 0 Å². The summed E-state index contributed by atoms with van der Waals surface area (Å²) >= 11 is 0. The highest BCUT2D eigenvalue weighted by Crippen LogP contribution is 2.48. The fourth-order valence-corrected chi connectivity index (χ4v) is 2.09. The van der Waals surface area contributed by atoms with Gasteiger partial charge in [0.15, 0.2) is 5.78 Å². The van der Waals surface area contributed by atoms with Crippen molar-refractivity contribution in [2.45, 2.75) is 45.3 Å². The zero-order valence-corrected chi connectivity index (χ0v) is 7.96. The van der Waals surface area contributed by atoms with Crippen molar-refractivity contribution in [1.82, 2.24) is 0 Å². The fourth-order valence-electron chi connectivity index (χ4n) is 2.09. The van der Waals surface area contributed by atoms with E-state index in [-0.39, 0.29) is 11.7 Å². The summed E-state index contributed by atoms with van der Waals surface area (Å²) in [5.74, 6) is 1.48. The maximum Gasteiger partial charge on any atom is 0.167 e. The lowest BCUT2D eigenvalue weighted by atomic mass is 9.77. The average Bonchev–Trinajstić information content (AvgIpc) is 2.62. The van der Waals surface area contributed by atoms with Crippen molar-refractivity contribution in [2.75, 3.05) is 0 Å². The Kier molecular flexibility index (Phi) is 1.59. The number of fused-ring (bicyclic) bond motifs is 1. The summed E-state index contributed by atoms with van der Waals surface area (Å²) in [6.45, 7) is 6.29. The number of ether oxygens (including phenoxy) is 1. The molecule has 2 aliphatic rings. The standard InChI is InChI=1S/C10H16O2/c1-6(2)7-4-8(11)10(3)9(5-7)12-10/h6-7,9H,4-5H2,1-3H3/t7-,9?,10+/m0/s1. The van der Waals surface area contributed by atoms with Crippen LogP contribution in [0.1, 0.15) is 33.6 Å². The number of epoxide rings is 1. The van der Waals surface area contributed by atoms with Gasteiger partial charge in [0.25, 0.3) is 0 Å². The molecule has 3 atom stereocenters. The third kappa shape index (κ3) is 1.01. The van der Waals surface area contributed by atoms with Gasteiger partial charge < -0.3 is 4.74 Å². The minimum atomic E-state index is -0.370. The molecule has 0 radical (unpaired) electrons. The highest BCUT2D eigenvalue weighted by molar-refractivity contribution is 5.91. The van der Waals surface area contributed by atoms with Gasteiger partial charge in [0.1, 0.15) is 5.60 Å². The molecule has 0 aromatic rings. The van der Waals surface area contributed by atoms with Gasteiger partial charge in [0.2, 0.25) is 0 Å². The molecule has 0 amide bonds. The molecule has 1 saturated heterocycles. The van der Waals surface area contributed by atoms with E-state index < -0.39 is 0 Å². The van der Waals surface area contributed by atoms with Crippen molar-refractivity contribution in [1.29, 1.82) is 0 Å². The lowest BCUT2D eigenvalue weighted by Gasteiger charge is -2.24. The molecular weight excluding hydrogens is 152 g/mol. The van der Waals surface area contributed by atoms with Gasteiger partial charge in [-0.25, -0.2) is 0 Å². The SMILES string of the molecule is CC(C)[C@H]1CC(=O)[C@@]2(C)OC2C1. The van der Waals surface area contributed by atoms with Crippen LogP contribution in [0, 0.1) is 11.8 Å². The average molecular weight is 168 g/mol. The van der Waals surface area contributed by atoms with E-state index in [0.29, 0.717) is 17.6 Å². The Balaban J connectivity index is 2.07. The molecule has 0 aromatic carbocycles. The van der Waals surface area contributed by atoms with Gasteiger partial charge in [-0.3, -0.25) is 4.79 Å². The van der Waals surface area contributed by atoms with Crippen LogP contribution in [0.3, 0.4) is 0 Å². The summed E-state index contributed by atoms with van der Waals surface area (Å²) in [7, 11) is 0. The van der Waals surface area contributed by atoms with E-state index in [1.165, 1.54) is 0 Å². The second-order valence-corrected chi connectivity index (χ2v) is 4.58. The maximum atomic E-state index is 11.5. The number of rotatable bonds is 1. The zero-order valence-electron chi connectivity index (χ0n) is 7.96. The minimum absolute atomic E-state index is 0.242. The third-order valence-electron chi connectivity index (χ3n) is 3.41. The molecule has 0 spiro atoms. The molecule has 1 aliphatic heterocycles. The first-order valence-corrected chi connectivity index (χ1v) is 4.75. The molecule has 2 rings (SSSR count). The van der Waals surface area contributed by atoms with E-state index in [2.05, 4.69) is 13.8 Å². The quantitative estimate of drug-likeness (QED) is 0.558. The number of hydrogen-bond acceptors (Lipinski definition) is 2. The van der Waals surface area contributed by atoms with Crippen molar-refractivity contribution in [3.63, 3.8) is 0 Å². The first-order valence-electron chi connectivity index (χ1n) is 4.75. The number of ketones is 1.